The average Bonchev–Trinajstić information content (AvgIpc) is 3.04. The summed E-state index contributed by atoms with van der Waals surface area (Å²) in [5, 5.41) is 7.64. The van der Waals surface area contributed by atoms with Gasteiger partial charge in [-0.15, -0.1) is 11.8 Å². The van der Waals surface area contributed by atoms with Gasteiger partial charge in [-0.2, -0.15) is 0 Å². The highest BCUT2D eigenvalue weighted by atomic mass is 32.2. The fourth-order valence-corrected chi connectivity index (χ4v) is 4.08. The summed E-state index contributed by atoms with van der Waals surface area (Å²) in [7, 11) is 0. The predicted octanol–water partition coefficient (Wildman–Crippen LogP) is 2.62. The molecule has 7 nitrogen and oxygen atoms in total. The van der Waals surface area contributed by atoms with Gasteiger partial charge in [-0.3, -0.25) is 9.59 Å². The number of likely N-dealkylation sites (tertiary alicyclic amines) is 1. The maximum absolute atomic E-state index is 12.9. The number of carbonyl (C=O) groups excluding carboxylic acids is 2. The van der Waals surface area contributed by atoms with E-state index in [1.807, 2.05) is 31.1 Å². The Morgan fingerprint density at radius 1 is 1.39 bits per heavy atom. The molecule has 3 rings (SSSR count). The molecular weight excluding hydrogens is 376 g/mol. The zero-order valence-corrected chi connectivity index (χ0v) is 17.3. The van der Waals surface area contributed by atoms with Crippen molar-refractivity contribution in [2.24, 2.45) is 5.92 Å². The molecule has 0 saturated carbocycles. The molecule has 2 aromatic heterocycles. The van der Waals surface area contributed by atoms with Crippen LogP contribution < -0.4 is 5.32 Å². The number of aryl methyl sites for hydroxylation is 2. The molecule has 1 saturated heterocycles. The number of amides is 2. The second-order valence-electron chi connectivity index (χ2n) is 7.10. The molecule has 1 atom stereocenters. The number of nitrogens with one attached hydrogen (secondary N) is 1. The zero-order chi connectivity index (χ0) is 20.1. The molecule has 0 bridgehead atoms. The van der Waals surface area contributed by atoms with Crippen molar-refractivity contribution in [3.05, 3.63) is 40.9 Å². The summed E-state index contributed by atoms with van der Waals surface area (Å²) in [6, 6.07) is 3.62. The average molecular weight is 403 g/mol. The topological polar surface area (TPSA) is 88.3 Å². The lowest BCUT2D eigenvalue weighted by Crippen LogP contribution is -2.44. The highest BCUT2D eigenvalue weighted by Gasteiger charge is 2.26. The number of thioether (sulfide) groups is 1. The van der Waals surface area contributed by atoms with Crippen LogP contribution in [0.2, 0.25) is 0 Å². The van der Waals surface area contributed by atoms with Gasteiger partial charge in [0.2, 0.25) is 5.91 Å². The third-order valence-corrected chi connectivity index (χ3v) is 5.82. The number of nitrogens with zero attached hydrogens (tertiary/aromatic N) is 3. The monoisotopic (exact) mass is 402 g/mol. The second kappa shape index (κ2) is 9.23. The van der Waals surface area contributed by atoms with Crippen LogP contribution in [0.5, 0.6) is 0 Å². The first-order chi connectivity index (χ1) is 13.5. The van der Waals surface area contributed by atoms with Crippen molar-refractivity contribution in [3.63, 3.8) is 0 Å². The fourth-order valence-electron chi connectivity index (χ4n) is 3.54. The zero-order valence-electron chi connectivity index (χ0n) is 16.5. The quantitative estimate of drug-likeness (QED) is 0.747. The lowest BCUT2D eigenvalue weighted by Gasteiger charge is -2.33. The Labute approximate surface area is 169 Å². The van der Waals surface area contributed by atoms with Gasteiger partial charge >= 0.3 is 0 Å². The van der Waals surface area contributed by atoms with Crippen LogP contribution in [-0.4, -0.2) is 52.7 Å². The van der Waals surface area contributed by atoms with Crippen LogP contribution in [0.15, 0.2) is 27.9 Å². The van der Waals surface area contributed by atoms with Gasteiger partial charge < -0.3 is 14.7 Å². The Balaban J connectivity index is 1.55. The maximum Gasteiger partial charge on any atom is 0.256 e. The Morgan fingerprint density at radius 2 is 2.21 bits per heavy atom. The molecule has 8 heteroatoms. The molecule has 28 heavy (non-hydrogen) atoms. The van der Waals surface area contributed by atoms with Crippen molar-refractivity contribution in [1.82, 2.24) is 20.4 Å². The minimum Gasteiger partial charge on any atom is -0.361 e. The molecule has 1 N–H and O–H groups in total. The van der Waals surface area contributed by atoms with Crippen LogP contribution in [0.3, 0.4) is 0 Å². The van der Waals surface area contributed by atoms with E-state index in [4.69, 9.17) is 4.52 Å². The molecule has 0 radical (unpaired) electrons. The van der Waals surface area contributed by atoms with E-state index in [2.05, 4.69) is 15.5 Å². The van der Waals surface area contributed by atoms with E-state index in [1.165, 1.54) is 11.8 Å². The van der Waals surface area contributed by atoms with Crippen LogP contribution in [0, 0.1) is 19.8 Å². The van der Waals surface area contributed by atoms with Gasteiger partial charge in [-0.25, -0.2) is 4.98 Å². The van der Waals surface area contributed by atoms with E-state index >= 15 is 0 Å². The number of aromatic nitrogens is 2. The van der Waals surface area contributed by atoms with Gasteiger partial charge in [0.05, 0.1) is 17.7 Å². The summed E-state index contributed by atoms with van der Waals surface area (Å²) >= 11 is 1.48. The molecular formula is C20H26N4O3S. The Morgan fingerprint density at radius 3 is 2.93 bits per heavy atom. The molecule has 0 aromatic carbocycles. The summed E-state index contributed by atoms with van der Waals surface area (Å²) in [5.74, 6) is 0.905. The lowest BCUT2D eigenvalue weighted by atomic mass is 9.97. The summed E-state index contributed by atoms with van der Waals surface area (Å²) in [6.07, 6.45) is 5.83. The van der Waals surface area contributed by atoms with Gasteiger partial charge in [-0.1, -0.05) is 5.16 Å². The Kier molecular flexibility index (Phi) is 6.72. The predicted molar refractivity (Wildman–Crippen MR) is 107 cm³/mol. The highest BCUT2D eigenvalue weighted by molar-refractivity contribution is 7.98. The smallest absolute Gasteiger partial charge is 0.256 e. The van der Waals surface area contributed by atoms with E-state index in [9.17, 15) is 9.59 Å². The Bertz CT molecular complexity index is 832. The van der Waals surface area contributed by atoms with Gasteiger partial charge in [0.25, 0.3) is 5.91 Å². The van der Waals surface area contributed by atoms with Gasteiger partial charge in [0, 0.05) is 31.4 Å². The third kappa shape index (κ3) is 4.73. The number of rotatable bonds is 6. The molecule has 2 amide bonds. The first kappa shape index (κ1) is 20.4. The number of hydrogen-bond acceptors (Lipinski definition) is 6. The second-order valence-corrected chi connectivity index (χ2v) is 7.90. The molecule has 150 valence electrons. The molecule has 1 aliphatic rings. The lowest BCUT2D eigenvalue weighted by molar-refractivity contribution is -0.120. The third-order valence-electron chi connectivity index (χ3n) is 5.11. The highest BCUT2D eigenvalue weighted by Crippen LogP contribution is 2.22. The summed E-state index contributed by atoms with van der Waals surface area (Å²) in [6.45, 7) is 5.60. The SMILES string of the molecule is CSc1ncccc1C(=O)N1CCCC(CNC(=O)Cc2c(C)noc2C)C1. The first-order valence-electron chi connectivity index (χ1n) is 9.46. The van der Waals surface area contributed by atoms with E-state index in [-0.39, 0.29) is 24.2 Å². The van der Waals surface area contributed by atoms with Gasteiger partial charge in [-0.05, 0) is 51.0 Å². The number of pyridine rings is 1. The van der Waals surface area contributed by atoms with Crippen LogP contribution in [0.25, 0.3) is 0 Å². The van der Waals surface area contributed by atoms with Crippen molar-refractivity contribution < 1.29 is 14.1 Å². The van der Waals surface area contributed by atoms with Crippen molar-refractivity contribution in [3.8, 4) is 0 Å². The number of hydrogen-bond donors (Lipinski definition) is 1. The molecule has 0 spiro atoms. The van der Waals surface area contributed by atoms with Crippen LogP contribution in [0.1, 0.15) is 40.2 Å². The van der Waals surface area contributed by atoms with Crippen LogP contribution in [0.4, 0.5) is 0 Å². The molecule has 2 aromatic rings. The number of carbonyl (C=O) groups is 2. The van der Waals surface area contributed by atoms with E-state index < -0.39 is 0 Å². The van der Waals surface area contributed by atoms with Crippen LogP contribution >= 0.6 is 11.8 Å². The molecule has 1 aliphatic heterocycles. The molecule has 1 fully saturated rings. The minimum absolute atomic E-state index is 0.0178. The maximum atomic E-state index is 12.9. The van der Waals surface area contributed by atoms with Crippen molar-refractivity contribution >= 4 is 23.6 Å². The normalized spacial score (nSPS) is 16.8. The van der Waals surface area contributed by atoms with Crippen LogP contribution in [-0.2, 0) is 11.2 Å². The summed E-state index contributed by atoms with van der Waals surface area (Å²) in [5.41, 5.74) is 2.25. The largest absolute Gasteiger partial charge is 0.361 e. The van der Waals surface area contributed by atoms with Gasteiger partial charge in [0.1, 0.15) is 10.8 Å². The molecule has 0 aliphatic carbocycles. The van der Waals surface area contributed by atoms with E-state index in [0.717, 1.165) is 35.7 Å². The van der Waals surface area contributed by atoms with E-state index in [1.54, 1.807) is 12.3 Å². The summed E-state index contributed by atoms with van der Waals surface area (Å²) in [4.78, 5) is 31.4. The minimum atomic E-state index is -0.0465. The van der Waals surface area contributed by atoms with E-state index in [0.29, 0.717) is 24.4 Å². The van der Waals surface area contributed by atoms with Crippen molar-refractivity contribution in [1.29, 1.82) is 0 Å². The number of piperidine rings is 1. The molecule has 1 unspecified atom stereocenters. The standard InChI is InChI=1S/C20H26N4O3S/c1-13-17(14(2)27-23-13)10-18(25)22-11-15-6-5-9-24(12-15)20(26)16-7-4-8-21-19(16)28-3/h4,7-8,15H,5-6,9-12H2,1-3H3,(H,22,25). The summed E-state index contributed by atoms with van der Waals surface area (Å²) < 4.78 is 5.11. The molecule has 3 heterocycles. The fraction of sp³-hybridized carbons (Fsp3) is 0.500. The first-order valence-corrected chi connectivity index (χ1v) is 10.7. The van der Waals surface area contributed by atoms with Crippen molar-refractivity contribution in [2.75, 3.05) is 25.9 Å². The van der Waals surface area contributed by atoms with Crippen molar-refractivity contribution in [2.45, 2.75) is 38.1 Å². The Hall–Kier alpha value is -2.35. The van der Waals surface area contributed by atoms with Gasteiger partial charge in [0.15, 0.2) is 0 Å².